The van der Waals surface area contributed by atoms with Crippen LogP contribution in [-0.2, 0) is 26.2 Å². The highest BCUT2D eigenvalue weighted by molar-refractivity contribution is 7.92. The van der Waals surface area contributed by atoms with Crippen molar-refractivity contribution in [3.8, 4) is 5.75 Å². The molecular weight excluding hydrogens is 526 g/mol. The molecule has 1 saturated carbocycles. The third-order valence-electron chi connectivity index (χ3n) is 6.90. The van der Waals surface area contributed by atoms with Crippen LogP contribution in [0.5, 0.6) is 5.75 Å². The normalized spacial score (nSPS) is 14.6. The molecule has 1 fully saturated rings. The second-order valence-corrected chi connectivity index (χ2v) is 12.0. The fraction of sp³-hybridized carbons (Fsp3) is 0.500. The molecule has 10 heteroatoms. The van der Waals surface area contributed by atoms with Crippen LogP contribution in [0.4, 0.5) is 5.69 Å². The van der Waals surface area contributed by atoms with E-state index < -0.39 is 16.1 Å². The van der Waals surface area contributed by atoms with Crippen molar-refractivity contribution < 1.29 is 22.7 Å². The van der Waals surface area contributed by atoms with Crippen LogP contribution < -0.4 is 14.4 Å². The van der Waals surface area contributed by atoms with E-state index in [1.54, 1.807) is 42.3 Å². The van der Waals surface area contributed by atoms with E-state index in [4.69, 9.17) is 16.3 Å². The number of nitrogens with zero attached hydrogens (tertiary/aromatic N) is 2. The zero-order valence-electron chi connectivity index (χ0n) is 22.4. The van der Waals surface area contributed by atoms with E-state index in [2.05, 4.69) is 5.32 Å². The molecule has 2 aromatic carbocycles. The summed E-state index contributed by atoms with van der Waals surface area (Å²) < 4.78 is 31.5. The van der Waals surface area contributed by atoms with Gasteiger partial charge in [-0.1, -0.05) is 49.6 Å². The Bertz CT molecular complexity index is 1180. The van der Waals surface area contributed by atoms with Crippen LogP contribution in [0.3, 0.4) is 0 Å². The van der Waals surface area contributed by atoms with Crippen molar-refractivity contribution in [3.63, 3.8) is 0 Å². The molecule has 1 N–H and O–H groups in total. The molecule has 0 heterocycles. The summed E-state index contributed by atoms with van der Waals surface area (Å²) >= 11 is 6.40. The summed E-state index contributed by atoms with van der Waals surface area (Å²) in [7, 11) is -2.03. The van der Waals surface area contributed by atoms with Gasteiger partial charge in [-0.25, -0.2) is 8.42 Å². The van der Waals surface area contributed by atoms with Crippen LogP contribution in [0.25, 0.3) is 0 Å². The van der Waals surface area contributed by atoms with E-state index in [1.165, 1.54) is 4.31 Å². The molecule has 2 amide bonds. The van der Waals surface area contributed by atoms with Gasteiger partial charge in [-0.05, 0) is 61.6 Å². The number of benzene rings is 2. The van der Waals surface area contributed by atoms with Gasteiger partial charge in [-0.15, -0.1) is 0 Å². The lowest BCUT2D eigenvalue weighted by Crippen LogP contribution is -2.51. The molecular formula is C28H38ClN3O5S. The van der Waals surface area contributed by atoms with Crippen molar-refractivity contribution in [1.29, 1.82) is 0 Å². The average Bonchev–Trinajstić information content (AvgIpc) is 3.40. The molecule has 1 aliphatic rings. The molecule has 8 nitrogen and oxygen atoms in total. The third kappa shape index (κ3) is 8.11. The van der Waals surface area contributed by atoms with Crippen LogP contribution >= 0.6 is 11.6 Å². The maximum Gasteiger partial charge on any atom is 0.243 e. The zero-order valence-corrected chi connectivity index (χ0v) is 23.9. The Kier molecular flexibility index (Phi) is 10.8. The van der Waals surface area contributed by atoms with E-state index >= 15 is 0 Å². The van der Waals surface area contributed by atoms with Crippen molar-refractivity contribution >= 4 is 39.1 Å². The predicted octanol–water partition coefficient (Wildman–Crippen LogP) is 4.76. The molecule has 38 heavy (non-hydrogen) atoms. The Morgan fingerprint density at radius 3 is 2.34 bits per heavy atom. The van der Waals surface area contributed by atoms with Crippen molar-refractivity contribution in [2.45, 2.75) is 70.5 Å². The lowest BCUT2D eigenvalue weighted by molar-refractivity contribution is -0.141. The summed E-state index contributed by atoms with van der Waals surface area (Å²) in [5.41, 5.74) is 1.25. The Morgan fingerprint density at radius 2 is 1.76 bits per heavy atom. The minimum atomic E-state index is -3.57. The first kappa shape index (κ1) is 29.8. The van der Waals surface area contributed by atoms with Crippen molar-refractivity contribution in [2.75, 3.05) is 24.2 Å². The number of hydrogen-bond donors (Lipinski definition) is 1. The Hall–Kier alpha value is -2.78. The summed E-state index contributed by atoms with van der Waals surface area (Å²) in [5.74, 6) is 0.242. The molecule has 1 aliphatic carbocycles. The minimum absolute atomic E-state index is 0.0832. The SMILES string of the molecule is CC[C@@H](C(=O)NC1CCCC1)N(Cc1ccccc1Cl)C(=O)CCCN(c1ccc(OC)cc1)S(C)(=O)=O. The number of amides is 2. The molecule has 1 atom stereocenters. The van der Waals surface area contributed by atoms with Crippen LogP contribution in [-0.4, -0.2) is 57.1 Å². The highest BCUT2D eigenvalue weighted by Crippen LogP contribution is 2.24. The largest absolute Gasteiger partial charge is 0.497 e. The maximum absolute atomic E-state index is 13.6. The summed E-state index contributed by atoms with van der Waals surface area (Å²) in [6.45, 7) is 2.21. The summed E-state index contributed by atoms with van der Waals surface area (Å²) in [6.07, 6.45) is 6.06. The average molecular weight is 564 g/mol. The minimum Gasteiger partial charge on any atom is -0.497 e. The van der Waals surface area contributed by atoms with Crippen LogP contribution in [0.1, 0.15) is 57.4 Å². The molecule has 0 spiro atoms. The molecule has 0 unspecified atom stereocenters. The van der Waals surface area contributed by atoms with Gasteiger partial charge in [-0.2, -0.15) is 0 Å². The van der Waals surface area contributed by atoms with Gasteiger partial charge >= 0.3 is 0 Å². The van der Waals surface area contributed by atoms with Crippen LogP contribution in [0.15, 0.2) is 48.5 Å². The fourth-order valence-electron chi connectivity index (χ4n) is 4.85. The van der Waals surface area contributed by atoms with Gasteiger partial charge in [0.25, 0.3) is 0 Å². The predicted molar refractivity (Wildman–Crippen MR) is 151 cm³/mol. The number of sulfonamides is 1. The number of halogens is 1. The number of methoxy groups -OCH3 is 1. The second kappa shape index (κ2) is 13.8. The van der Waals surface area contributed by atoms with E-state index in [0.29, 0.717) is 22.9 Å². The smallest absolute Gasteiger partial charge is 0.243 e. The van der Waals surface area contributed by atoms with E-state index in [0.717, 1.165) is 37.5 Å². The van der Waals surface area contributed by atoms with Crippen LogP contribution in [0.2, 0.25) is 5.02 Å². The van der Waals surface area contributed by atoms with Gasteiger partial charge < -0.3 is 15.0 Å². The first-order valence-electron chi connectivity index (χ1n) is 13.1. The van der Waals surface area contributed by atoms with Crippen molar-refractivity contribution in [3.05, 3.63) is 59.1 Å². The summed E-state index contributed by atoms with van der Waals surface area (Å²) in [5, 5.41) is 3.65. The Balaban J connectivity index is 1.75. The molecule has 3 rings (SSSR count). The first-order chi connectivity index (χ1) is 18.1. The van der Waals surface area contributed by atoms with Gasteiger partial charge in [0.1, 0.15) is 11.8 Å². The molecule has 0 saturated heterocycles. The number of nitrogens with one attached hydrogen (secondary N) is 1. The quantitative estimate of drug-likeness (QED) is 0.379. The topological polar surface area (TPSA) is 96.0 Å². The van der Waals surface area contributed by atoms with Crippen molar-refractivity contribution in [2.24, 2.45) is 0 Å². The van der Waals surface area contributed by atoms with Gasteiger partial charge in [0.15, 0.2) is 0 Å². The third-order valence-corrected chi connectivity index (χ3v) is 8.46. The lowest BCUT2D eigenvalue weighted by atomic mass is 10.1. The van der Waals surface area contributed by atoms with E-state index in [-0.39, 0.29) is 43.8 Å². The zero-order chi connectivity index (χ0) is 27.7. The number of hydrogen-bond acceptors (Lipinski definition) is 5. The van der Waals surface area contributed by atoms with E-state index in [1.807, 2.05) is 25.1 Å². The highest BCUT2D eigenvalue weighted by Gasteiger charge is 2.31. The molecule has 0 radical (unpaired) electrons. The summed E-state index contributed by atoms with van der Waals surface area (Å²) in [6, 6.07) is 13.5. The standard InChI is InChI=1S/C28H38ClN3O5S/c1-4-26(28(34)30-22-11-6-7-12-22)31(20-21-10-5-8-13-25(21)29)27(33)14-9-19-32(38(3,35)36)23-15-17-24(37-2)18-16-23/h5,8,10,13,15-18,22,26H,4,6-7,9,11-12,14,19-20H2,1-3H3,(H,30,34)/t26-/m0/s1. The van der Waals surface area contributed by atoms with Gasteiger partial charge in [-0.3, -0.25) is 13.9 Å². The highest BCUT2D eigenvalue weighted by atomic mass is 35.5. The van der Waals surface area contributed by atoms with Crippen LogP contribution in [0, 0.1) is 0 Å². The van der Waals surface area contributed by atoms with Gasteiger partial charge in [0.2, 0.25) is 21.8 Å². The fourth-order valence-corrected chi connectivity index (χ4v) is 6.01. The molecule has 0 aliphatic heterocycles. The van der Waals surface area contributed by atoms with E-state index in [9.17, 15) is 18.0 Å². The van der Waals surface area contributed by atoms with Crippen molar-refractivity contribution in [1.82, 2.24) is 10.2 Å². The number of ether oxygens (including phenoxy) is 1. The lowest BCUT2D eigenvalue weighted by Gasteiger charge is -2.32. The van der Waals surface area contributed by atoms with Gasteiger partial charge in [0.05, 0.1) is 19.1 Å². The molecule has 208 valence electrons. The maximum atomic E-state index is 13.6. The second-order valence-electron chi connectivity index (χ2n) is 9.66. The number of carbonyl (C=O) groups excluding carboxylic acids is 2. The molecule has 2 aromatic rings. The Morgan fingerprint density at radius 1 is 1.11 bits per heavy atom. The first-order valence-corrected chi connectivity index (χ1v) is 15.3. The number of carbonyl (C=O) groups is 2. The monoisotopic (exact) mass is 563 g/mol. The molecule has 0 bridgehead atoms. The Labute approximate surface area is 231 Å². The number of rotatable bonds is 13. The number of anilines is 1. The summed E-state index contributed by atoms with van der Waals surface area (Å²) in [4.78, 5) is 28.4. The molecule has 0 aromatic heterocycles. The van der Waals surface area contributed by atoms with Gasteiger partial charge in [0, 0.05) is 30.6 Å².